The molecule has 22 nitrogen and oxygen atoms in total. The molecule has 498 valence electrons. The zero-order valence-corrected chi connectivity index (χ0v) is 55.6. The maximum absolute atomic E-state index is 8.49. The Morgan fingerprint density at radius 3 is 0.384 bits per heavy atom. The van der Waals surface area contributed by atoms with Crippen molar-refractivity contribution in [1.82, 2.24) is 29.9 Å². The number of halogens is 4. The topological polar surface area (TPSA) is 446 Å². The Kier molecular flexibility index (Phi) is 26.2. The third-order valence-electron chi connectivity index (χ3n) is 14.4. The van der Waals surface area contributed by atoms with E-state index >= 15 is 0 Å². The Morgan fingerprint density at radius 1 is 0.162 bits per heavy atom. The first-order valence-electron chi connectivity index (χ1n) is 28.5. The molecule has 0 amide bonds. The van der Waals surface area contributed by atoms with Crippen molar-refractivity contribution in [1.29, 1.82) is 0 Å². The van der Waals surface area contributed by atoms with E-state index in [1.807, 2.05) is 73.6 Å². The summed E-state index contributed by atoms with van der Waals surface area (Å²) >= 11 is 0. The molecular weight excluding hydrogens is 1450 g/mol. The van der Waals surface area contributed by atoms with Gasteiger partial charge in [0.05, 0.1) is 33.1 Å². The summed E-state index contributed by atoms with van der Waals surface area (Å²) in [5, 5.41) is 6.77. The predicted octanol–water partition coefficient (Wildman–Crippen LogP) is -0.676. The normalized spacial score (nSPS) is 11.2. The van der Waals surface area contributed by atoms with Gasteiger partial charge in [-0.15, -0.1) is 41.0 Å². The summed E-state index contributed by atoms with van der Waals surface area (Å²) in [4.78, 5) is 28.0. The molecule has 0 saturated carbocycles. The van der Waals surface area contributed by atoms with Crippen LogP contribution < -0.4 is 74.5 Å². The molecule has 15 rings (SSSR count). The molecular formula is C72H48Cl4N6O16Ru. The molecule has 0 radical (unpaired) electrons. The first-order valence-corrected chi connectivity index (χ1v) is 33.5. The van der Waals surface area contributed by atoms with Crippen LogP contribution in [0.1, 0.15) is 0 Å². The van der Waals surface area contributed by atoms with E-state index in [2.05, 4.69) is 248 Å². The van der Waals surface area contributed by atoms with E-state index in [-0.39, 0.29) is 19.5 Å². The number of nitrogens with zero attached hydrogens (tertiary/aromatic N) is 6. The summed E-state index contributed by atoms with van der Waals surface area (Å²) < 4.78 is 136. The molecule has 6 heterocycles. The van der Waals surface area contributed by atoms with Gasteiger partial charge in [-0.1, -0.05) is 218 Å². The van der Waals surface area contributed by atoms with Crippen LogP contribution in [0.5, 0.6) is 0 Å². The molecule has 0 N–H and O–H groups in total. The standard InChI is InChI=1S/3C24H16N2.4ClHO4.Ru/c3*1-3-7-17(8-4-1)19-13-15-25-23-21(19)11-12-22-20(14-16-26-24(22)23)18-9-5-2-6-10-18;4*2-1(3,4)5;/h3*1-16H;4*(H,2,3,4,5);/q;;;;;;;+4/p-4. The third-order valence-corrected chi connectivity index (χ3v) is 14.4. The maximum atomic E-state index is 8.49. The molecule has 0 spiro atoms. The minimum Gasteiger partial charge on any atom is -0.254 e. The summed E-state index contributed by atoms with van der Waals surface area (Å²) in [6.07, 6.45) is 11.3. The molecule has 0 aliphatic rings. The number of hydrogen-bond acceptors (Lipinski definition) is 22. The fourth-order valence-corrected chi connectivity index (χ4v) is 10.7. The summed E-state index contributed by atoms with van der Waals surface area (Å²) in [6.45, 7) is 0. The molecule has 0 unspecified atom stereocenters. The van der Waals surface area contributed by atoms with Crippen molar-refractivity contribution in [2.24, 2.45) is 0 Å². The summed E-state index contributed by atoms with van der Waals surface area (Å²) in [5.74, 6) is 0. The monoisotopic (exact) mass is 1490 g/mol. The van der Waals surface area contributed by atoms with Crippen LogP contribution in [-0.2, 0) is 19.5 Å². The van der Waals surface area contributed by atoms with Crippen LogP contribution in [0.25, 0.3) is 132 Å². The number of fused-ring (bicyclic) bond motifs is 9. The van der Waals surface area contributed by atoms with Gasteiger partial charge in [0.25, 0.3) is 0 Å². The van der Waals surface area contributed by atoms with E-state index in [9.17, 15) is 0 Å². The van der Waals surface area contributed by atoms with Gasteiger partial charge in [-0.05, 0) is 103 Å². The molecule has 6 aromatic heterocycles. The van der Waals surface area contributed by atoms with Crippen LogP contribution in [0.15, 0.2) is 292 Å². The third kappa shape index (κ3) is 22.0. The number of rotatable bonds is 6. The average Bonchev–Trinajstić information content (AvgIpc) is 0.774. The van der Waals surface area contributed by atoms with Crippen LogP contribution in [0.4, 0.5) is 0 Å². The molecule has 15 aromatic rings. The van der Waals surface area contributed by atoms with Crippen molar-refractivity contribution < 1.29 is 135 Å². The minimum absolute atomic E-state index is 0. The van der Waals surface area contributed by atoms with Crippen molar-refractivity contribution in [3.05, 3.63) is 292 Å². The van der Waals surface area contributed by atoms with E-state index in [1.165, 1.54) is 66.8 Å². The second-order valence-corrected chi connectivity index (χ2v) is 23.5. The van der Waals surface area contributed by atoms with Gasteiger partial charge in [0.2, 0.25) is 0 Å². The number of pyridine rings is 6. The van der Waals surface area contributed by atoms with Crippen molar-refractivity contribution in [2.75, 3.05) is 0 Å². The Hall–Kier alpha value is -9.42. The Morgan fingerprint density at radius 2 is 0.273 bits per heavy atom. The molecule has 0 fully saturated rings. The van der Waals surface area contributed by atoms with Crippen molar-refractivity contribution in [3.8, 4) is 66.8 Å². The average molecular weight is 1500 g/mol. The van der Waals surface area contributed by atoms with E-state index in [0.29, 0.717) is 0 Å². The SMILES string of the molecule is [O-][Cl+3]([O-])([O-])[O-].[O-][Cl+3]([O-])([O-])[O-].[O-][Cl+3]([O-])([O-])[O-].[O-][Cl+3]([O-])([O-])[O-].[Ru+4].c1ccc(-c2ccnc3c2ccc2c(-c4ccccc4)ccnc23)cc1.c1ccc(-c2ccnc3c2ccc2c(-c4ccccc4)ccnc23)cc1.c1ccc(-c2ccnc3c2ccc2c(-c4ccccc4)ccnc23)cc1. The van der Waals surface area contributed by atoms with Gasteiger partial charge in [-0.25, -0.2) is 74.5 Å². The van der Waals surface area contributed by atoms with Crippen LogP contribution in [-0.4, -0.2) is 29.9 Å². The fourth-order valence-electron chi connectivity index (χ4n) is 10.7. The van der Waals surface area contributed by atoms with Crippen molar-refractivity contribution >= 4 is 65.4 Å². The quantitative estimate of drug-likeness (QED) is 0.147. The van der Waals surface area contributed by atoms with Gasteiger partial charge in [0, 0.05) is 69.5 Å². The molecule has 0 atom stereocenters. The number of benzene rings is 9. The number of hydrogen-bond donors (Lipinski definition) is 0. The van der Waals surface area contributed by atoms with E-state index < -0.39 is 41.0 Å². The fraction of sp³-hybridized carbons (Fsp3) is 0. The summed E-state index contributed by atoms with van der Waals surface area (Å²) in [7, 11) is -19.8. The second-order valence-electron chi connectivity index (χ2n) is 20.4. The minimum atomic E-state index is -4.94. The smallest absolute Gasteiger partial charge is 0.254 e. The largest absolute Gasteiger partial charge is 4.00 e. The first kappa shape index (κ1) is 75.4. The molecule has 0 aliphatic carbocycles. The zero-order chi connectivity index (χ0) is 70.0. The summed E-state index contributed by atoms with van der Waals surface area (Å²) in [6, 6.07) is 88.0. The predicted molar refractivity (Wildman–Crippen MR) is 324 cm³/mol. The van der Waals surface area contributed by atoms with Gasteiger partial charge in [-0.2, -0.15) is 0 Å². The molecule has 0 aliphatic heterocycles. The molecule has 0 saturated heterocycles. The van der Waals surface area contributed by atoms with Crippen LogP contribution in [0.2, 0.25) is 0 Å². The molecule has 9 aromatic carbocycles. The molecule has 99 heavy (non-hydrogen) atoms. The van der Waals surface area contributed by atoms with Gasteiger partial charge in [0.15, 0.2) is 0 Å². The van der Waals surface area contributed by atoms with Crippen LogP contribution in [0, 0.1) is 41.0 Å². The van der Waals surface area contributed by atoms with E-state index in [1.54, 1.807) is 0 Å². The van der Waals surface area contributed by atoms with Gasteiger partial charge in [0.1, 0.15) is 0 Å². The number of aromatic nitrogens is 6. The second kappa shape index (κ2) is 34.4. The Balaban J connectivity index is 0.000000165. The van der Waals surface area contributed by atoms with Crippen LogP contribution in [0.3, 0.4) is 0 Å². The van der Waals surface area contributed by atoms with Gasteiger partial charge < -0.3 is 0 Å². The maximum Gasteiger partial charge on any atom is 4.00 e. The Labute approximate surface area is 585 Å². The summed E-state index contributed by atoms with van der Waals surface area (Å²) in [5.41, 5.74) is 19.9. The van der Waals surface area contributed by atoms with E-state index in [0.717, 1.165) is 65.4 Å². The first-order chi connectivity index (χ1) is 46.7. The van der Waals surface area contributed by atoms with Gasteiger partial charge in [-0.3, -0.25) is 29.9 Å². The molecule has 27 heteroatoms. The van der Waals surface area contributed by atoms with Crippen molar-refractivity contribution in [3.63, 3.8) is 0 Å². The van der Waals surface area contributed by atoms with E-state index in [4.69, 9.17) is 74.5 Å². The van der Waals surface area contributed by atoms with Gasteiger partial charge >= 0.3 is 19.5 Å². The Bertz CT molecular complexity index is 4260. The van der Waals surface area contributed by atoms with Crippen LogP contribution >= 0.6 is 0 Å². The zero-order valence-electron chi connectivity index (χ0n) is 50.8. The van der Waals surface area contributed by atoms with Crippen molar-refractivity contribution in [2.45, 2.75) is 0 Å². The molecule has 0 bridgehead atoms.